The first-order valence-corrected chi connectivity index (χ1v) is 5.58. The predicted molar refractivity (Wildman–Crippen MR) is 61.3 cm³/mol. The first kappa shape index (κ1) is 17.6. The fourth-order valence-electron chi connectivity index (χ4n) is 0.526. The molecule has 1 N–H and O–H groups in total. The minimum Gasteiger partial charge on any atom is -0.450 e. The fraction of sp³-hybridized carbons (Fsp3) is 0.909. The van der Waals surface area contributed by atoms with E-state index < -0.39 is 6.16 Å². The van der Waals surface area contributed by atoms with Gasteiger partial charge in [-0.1, -0.05) is 13.3 Å². The summed E-state index contributed by atoms with van der Waals surface area (Å²) in [6, 6.07) is 0. The van der Waals surface area contributed by atoms with Crippen molar-refractivity contribution in [2.75, 3.05) is 6.61 Å². The van der Waals surface area contributed by atoms with Crippen LogP contribution in [0.3, 0.4) is 0 Å². The van der Waals surface area contributed by atoms with Crippen LogP contribution in [0.5, 0.6) is 0 Å². The van der Waals surface area contributed by atoms with Crippen molar-refractivity contribution in [3.63, 3.8) is 0 Å². The number of ether oxygens (including phenoxy) is 1. The zero-order valence-electron chi connectivity index (χ0n) is 10.9. The molecule has 0 radical (unpaired) electrons. The molecule has 5 nitrogen and oxygen atoms in total. The average Bonchev–Trinajstić information content (AvgIpc) is 2.16. The number of carboxylic acid groups (broad SMARTS) is 1. The normalized spacial score (nSPS) is 9.94. The molecule has 5 heteroatoms. The highest BCUT2D eigenvalue weighted by molar-refractivity contribution is 5.56. The molecule has 0 aromatic heterocycles. The topological polar surface area (TPSA) is 65.0 Å². The molecular weight excluding hydrogens is 212 g/mol. The van der Waals surface area contributed by atoms with E-state index in [1.807, 2.05) is 34.6 Å². The zero-order chi connectivity index (χ0) is 13.0. The summed E-state index contributed by atoms with van der Waals surface area (Å²) in [5, 5.41) is 7.92. The summed E-state index contributed by atoms with van der Waals surface area (Å²) < 4.78 is 4.20. The van der Waals surface area contributed by atoms with Crippen LogP contribution in [0.4, 0.5) is 4.79 Å². The Kier molecular flexibility index (Phi) is 13.5. The minimum atomic E-state index is -1.18. The van der Waals surface area contributed by atoms with Gasteiger partial charge in [0.25, 0.3) is 0 Å². The molecule has 0 aromatic carbocycles. The Morgan fingerprint density at radius 2 is 1.56 bits per heavy atom. The van der Waals surface area contributed by atoms with Gasteiger partial charge in [0.05, 0.1) is 18.8 Å². The quantitative estimate of drug-likeness (QED) is 0.332. The van der Waals surface area contributed by atoms with Crippen LogP contribution < -0.4 is 0 Å². The number of hydrogen-bond donors (Lipinski definition) is 1. The molecule has 0 aromatic rings. The summed E-state index contributed by atoms with van der Waals surface area (Å²) in [5.41, 5.74) is 0. The molecule has 0 aliphatic carbocycles. The average molecular weight is 236 g/mol. The van der Waals surface area contributed by atoms with Gasteiger partial charge in [-0.3, -0.25) is 0 Å². The molecule has 0 aliphatic heterocycles. The molecule has 0 heterocycles. The highest BCUT2D eigenvalue weighted by Gasteiger charge is 1.95. The van der Waals surface area contributed by atoms with Crippen molar-refractivity contribution < 1.29 is 24.4 Å². The van der Waals surface area contributed by atoms with Crippen molar-refractivity contribution in [3.05, 3.63) is 0 Å². The largest absolute Gasteiger partial charge is 0.505 e. The van der Waals surface area contributed by atoms with E-state index in [1.165, 1.54) is 0 Å². The van der Waals surface area contributed by atoms with Crippen molar-refractivity contribution in [3.8, 4) is 0 Å². The van der Waals surface area contributed by atoms with Crippen molar-refractivity contribution >= 4 is 6.16 Å². The fourth-order valence-corrected chi connectivity index (χ4v) is 0.526. The van der Waals surface area contributed by atoms with Gasteiger partial charge in [-0.25, -0.2) is 14.6 Å². The molecule has 0 aliphatic rings. The molecule has 0 amide bonds. The van der Waals surface area contributed by atoms with Crippen LogP contribution in [0.1, 0.15) is 47.5 Å². The second kappa shape index (κ2) is 12.3. The second-order valence-electron chi connectivity index (χ2n) is 3.76. The predicted octanol–water partition coefficient (Wildman–Crippen LogP) is 3.23. The number of hydrogen-bond acceptors (Lipinski definition) is 4. The lowest BCUT2D eigenvalue weighted by Gasteiger charge is -2.08. The second-order valence-corrected chi connectivity index (χ2v) is 3.76. The Bertz CT molecular complexity index is 148. The molecule has 0 saturated heterocycles. The Morgan fingerprint density at radius 3 is 1.81 bits per heavy atom. The molecule has 0 fully saturated rings. The van der Waals surface area contributed by atoms with Gasteiger partial charge in [0.1, 0.15) is 0 Å². The van der Waals surface area contributed by atoms with E-state index >= 15 is 0 Å². The van der Waals surface area contributed by atoms with E-state index in [0.717, 1.165) is 12.8 Å². The van der Waals surface area contributed by atoms with E-state index in [1.54, 1.807) is 0 Å². The van der Waals surface area contributed by atoms with Crippen LogP contribution in [0.25, 0.3) is 0 Å². The zero-order valence-corrected chi connectivity index (χ0v) is 10.9. The van der Waals surface area contributed by atoms with E-state index in [0.29, 0.717) is 6.61 Å². The Labute approximate surface area is 97.6 Å². The standard InChI is InChI=1S/C6H14O2.C5H10O3/c1-5(2)7-8-6(3)4;1-2-3-4-8-5(6)7/h5-6H,1-4H3;2-4H2,1H3,(H,6,7). The summed E-state index contributed by atoms with van der Waals surface area (Å²) in [4.78, 5) is 19.3. The third-order valence-corrected chi connectivity index (χ3v) is 1.16. The van der Waals surface area contributed by atoms with Crippen molar-refractivity contribution in [1.29, 1.82) is 0 Å². The third-order valence-electron chi connectivity index (χ3n) is 1.16. The first-order valence-electron chi connectivity index (χ1n) is 5.58. The summed E-state index contributed by atoms with van der Waals surface area (Å²) in [5.74, 6) is 0. The molecule has 0 saturated carbocycles. The first-order chi connectivity index (χ1) is 7.40. The molecular formula is C11H24O5. The van der Waals surface area contributed by atoms with Crippen LogP contribution in [0.2, 0.25) is 0 Å². The highest BCUT2D eigenvalue weighted by atomic mass is 17.2. The van der Waals surface area contributed by atoms with Crippen LogP contribution in [0.15, 0.2) is 0 Å². The van der Waals surface area contributed by atoms with Gasteiger partial charge in [-0.15, -0.1) is 0 Å². The van der Waals surface area contributed by atoms with Crippen LogP contribution in [0, 0.1) is 0 Å². The van der Waals surface area contributed by atoms with Gasteiger partial charge in [0, 0.05) is 0 Å². The van der Waals surface area contributed by atoms with Gasteiger partial charge >= 0.3 is 6.16 Å². The van der Waals surface area contributed by atoms with Crippen molar-refractivity contribution in [2.24, 2.45) is 0 Å². The van der Waals surface area contributed by atoms with Crippen LogP contribution in [-0.4, -0.2) is 30.1 Å². The Morgan fingerprint density at radius 1 is 1.12 bits per heavy atom. The van der Waals surface area contributed by atoms with E-state index in [2.05, 4.69) is 4.74 Å². The number of rotatable bonds is 6. The highest BCUT2D eigenvalue weighted by Crippen LogP contribution is 1.93. The summed E-state index contributed by atoms with van der Waals surface area (Å²) >= 11 is 0. The van der Waals surface area contributed by atoms with Gasteiger partial charge in [-0.05, 0) is 34.1 Å². The van der Waals surface area contributed by atoms with Crippen LogP contribution in [-0.2, 0) is 14.5 Å². The van der Waals surface area contributed by atoms with E-state index in [9.17, 15) is 4.79 Å². The SMILES string of the molecule is CC(C)OOC(C)C.CCCCOC(=O)O. The molecule has 0 spiro atoms. The lowest BCUT2D eigenvalue weighted by molar-refractivity contribution is -0.337. The summed E-state index contributed by atoms with van der Waals surface area (Å²) in [7, 11) is 0. The smallest absolute Gasteiger partial charge is 0.450 e. The molecule has 0 bridgehead atoms. The lowest BCUT2D eigenvalue weighted by atomic mass is 10.4. The number of carbonyl (C=O) groups is 1. The third kappa shape index (κ3) is 23.2. The Balaban J connectivity index is 0. The van der Waals surface area contributed by atoms with Gasteiger partial charge < -0.3 is 9.84 Å². The maximum absolute atomic E-state index is 9.65. The molecule has 98 valence electrons. The molecule has 0 atom stereocenters. The monoisotopic (exact) mass is 236 g/mol. The maximum Gasteiger partial charge on any atom is 0.505 e. The summed E-state index contributed by atoms with van der Waals surface area (Å²) in [6.07, 6.45) is 0.924. The van der Waals surface area contributed by atoms with Gasteiger partial charge in [0.15, 0.2) is 0 Å². The maximum atomic E-state index is 9.65. The lowest BCUT2D eigenvalue weighted by Crippen LogP contribution is -2.08. The molecule has 16 heavy (non-hydrogen) atoms. The van der Waals surface area contributed by atoms with Crippen LogP contribution >= 0.6 is 0 Å². The van der Waals surface area contributed by atoms with E-state index in [-0.39, 0.29) is 12.2 Å². The minimum absolute atomic E-state index is 0.164. The van der Waals surface area contributed by atoms with Crippen molar-refractivity contribution in [1.82, 2.24) is 0 Å². The van der Waals surface area contributed by atoms with Gasteiger partial charge in [0.2, 0.25) is 0 Å². The van der Waals surface area contributed by atoms with E-state index in [4.69, 9.17) is 14.9 Å². The van der Waals surface area contributed by atoms with Crippen molar-refractivity contribution in [2.45, 2.75) is 59.7 Å². The Hall–Kier alpha value is -0.810. The van der Waals surface area contributed by atoms with Gasteiger partial charge in [-0.2, -0.15) is 0 Å². The molecule has 0 unspecified atom stereocenters. The molecule has 0 rings (SSSR count). The number of unbranched alkanes of at least 4 members (excludes halogenated alkanes) is 1. The summed E-state index contributed by atoms with van der Waals surface area (Å²) in [6.45, 7) is 10.0.